The van der Waals surface area contributed by atoms with Crippen molar-refractivity contribution in [3.63, 3.8) is 0 Å². The lowest BCUT2D eigenvalue weighted by atomic mass is 9.93. The first-order chi connectivity index (χ1) is 10.4. The molecule has 0 bridgehead atoms. The van der Waals surface area contributed by atoms with Crippen LogP contribution in [0.4, 0.5) is 0 Å². The van der Waals surface area contributed by atoms with Gasteiger partial charge in [-0.2, -0.15) is 0 Å². The summed E-state index contributed by atoms with van der Waals surface area (Å²) in [4.78, 5) is 0. The van der Waals surface area contributed by atoms with Crippen molar-refractivity contribution in [2.45, 2.75) is 58.5 Å². The van der Waals surface area contributed by atoms with E-state index in [2.05, 4.69) is 49.4 Å². The van der Waals surface area contributed by atoms with Crippen LogP contribution >= 0.6 is 0 Å². The molecule has 0 radical (unpaired) electrons. The van der Waals surface area contributed by atoms with E-state index in [1.54, 1.807) is 0 Å². The van der Waals surface area contributed by atoms with E-state index in [-0.39, 0.29) is 0 Å². The van der Waals surface area contributed by atoms with Crippen LogP contribution in [-0.2, 0) is 11.3 Å². The molecule has 1 saturated carbocycles. The van der Waals surface area contributed by atoms with Gasteiger partial charge in [-0.1, -0.05) is 68.7 Å². The van der Waals surface area contributed by atoms with Crippen LogP contribution in [0.25, 0.3) is 0 Å². The van der Waals surface area contributed by atoms with E-state index in [9.17, 15) is 0 Å². The van der Waals surface area contributed by atoms with Gasteiger partial charge in [0.25, 0.3) is 0 Å². The maximum atomic E-state index is 5.95. The van der Waals surface area contributed by atoms with Crippen molar-refractivity contribution in [1.29, 1.82) is 0 Å². The first-order valence-corrected chi connectivity index (χ1v) is 8.66. The summed E-state index contributed by atoms with van der Waals surface area (Å²) in [6.45, 7) is 3.95. The van der Waals surface area contributed by atoms with E-state index in [0.29, 0.717) is 0 Å². The van der Waals surface area contributed by atoms with E-state index in [1.807, 2.05) is 0 Å². The average Bonchev–Trinajstić information content (AvgIpc) is 2.96. The highest BCUT2D eigenvalue weighted by molar-refractivity contribution is 5.13. The van der Waals surface area contributed by atoms with Gasteiger partial charge in [-0.05, 0) is 43.1 Å². The fraction of sp³-hybridized carbons (Fsp3) is 0.600. The van der Waals surface area contributed by atoms with Gasteiger partial charge in [-0.25, -0.2) is 0 Å². The molecule has 0 aromatic heterocycles. The third-order valence-electron chi connectivity index (χ3n) is 4.59. The Morgan fingerprint density at radius 1 is 1.10 bits per heavy atom. The molecule has 1 aliphatic rings. The van der Waals surface area contributed by atoms with E-state index in [0.717, 1.165) is 25.0 Å². The van der Waals surface area contributed by atoms with Crippen LogP contribution < -0.4 is 0 Å². The second kappa shape index (κ2) is 9.78. The Hall–Kier alpha value is -1.08. The first-order valence-electron chi connectivity index (χ1n) is 8.66. The molecule has 0 N–H and O–H groups in total. The Kier molecular flexibility index (Phi) is 7.59. The van der Waals surface area contributed by atoms with Gasteiger partial charge >= 0.3 is 0 Å². The number of allylic oxidation sites excluding steroid dienone is 2. The molecular weight excluding hydrogens is 256 g/mol. The summed E-state index contributed by atoms with van der Waals surface area (Å²) in [5.74, 6) is 1.61. The van der Waals surface area contributed by atoms with Gasteiger partial charge in [0.05, 0.1) is 13.2 Å². The number of benzene rings is 1. The predicted octanol–water partition coefficient (Wildman–Crippen LogP) is 5.76. The Bertz CT molecular complexity index is 396. The van der Waals surface area contributed by atoms with Crippen molar-refractivity contribution < 1.29 is 4.74 Å². The smallest absolute Gasteiger partial charge is 0.0717 e. The second-order valence-electron chi connectivity index (χ2n) is 6.30. The van der Waals surface area contributed by atoms with Gasteiger partial charge in [0.1, 0.15) is 0 Å². The molecule has 116 valence electrons. The van der Waals surface area contributed by atoms with Crippen molar-refractivity contribution in [2.75, 3.05) is 6.61 Å². The molecule has 1 fully saturated rings. The molecule has 0 saturated heterocycles. The maximum Gasteiger partial charge on any atom is 0.0717 e. The van der Waals surface area contributed by atoms with Gasteiger partial charge in [-0.3, -0.25) is 0 Å². The fourth-order valence-corrected chi connectivity index (χ4v) is 3.26. The van der Waals surface area contributed by atoms with E-state index < -0.39 is 0 Å². The Balaban J connectivity index is 1.66. The summed E-state index contributed by atoms with van der Waals surface area (Å²) >= 11 is 0. The highest BCUT2D eigenvalue weighted by Crippen LogP contribution is 2.34. The normalized spacial score (nSPS) is 22.1. The third kappa shape index (κ3) is 6.05. The summed E-state index contributed by atoms with van der Waals surface area (Å²) in [5, 5.41) is 0. The topological polar surface area (TPSA) is 9.23 Å². The quantitative estimate of drug-likeness (QED) is 0.414. The van der Waals surface area contributed by atoms with E-state index in [1.165, 1.54) is 50.5 Å². The van der Waals surface area contributed by atoms with Crippen LogP contribution in [0.3, 0.4) is 0 Å². The largest absolute Gasteiger partial charge is 0.376 e. The van der Waals surface area contributed by atoms with E-state index >= 15 is 0 Å². The minimum atomic E-state index is 0.760. The standard InChI is InChI=1S/C20H30O/c1-2-3-4-5-9-13-19-14-10-15-20(19)17-21-16-18-11-7-6-8-12-18/h5-9,11-12,19-20H,2-4,10,13-17H2,1H3/b9-5-. The first kappa shape index (κ1) is 16.3. The molecular formula is C20H30O. The highest BCUT2D eigenvalue weighted by Gasteiger charge is 2.26. The summed E-state index contributed by atoms with van der Waals surface area (Å²) in [6, 6.07) is 10.5. The van der Waals surface area contributed by atoms with Gasteiger partial charge in [-0.15, -0.1) is 0 Å². The summed E-state index contributed by atoms with van der Waals surface area (Å²) in [5.41, 5.74) is 1.28. The van der Waals surface area contributed by atoms with Crippen LogP contribution in [0.5, 0.6) is 0 Å². The molecule has 2 atom stereocenters. The van der Waals surface area contributed by atoms with Crippen molar-refractivity contribution in [1.82, 2.24) is 0 Å². The Morgan fingerprint density at radius 3 is 2.71 bits per heavy atom. The molecule has 0 aliphatic heterocycles. The molecule has 0 spiro atoms. The van der Waals surface area contributed by atoms with Crippen molar-refractivity contribution in [3.05, 3.63) is 48.0 Å². The van der Waals surface area contributed by atoms with Crippen molar-refractivity contribution in [3.8, 4) is 0 Å². The lowest BCUT2D eigenvalue weighted by Gasteiger charge is -2.18. The Labute approximate surface area is 130 Å². The van der Waals surface area contributed by atoms with Gasteiger partial charge < -0.3 is 4.74 Å². The molecule has 21 heavy (non-hydrogen) atoms. The van der Waals surface area contributed by atoms with Gasteiger partial charge in [0.15, 0.2) is 0 Å². The predicted molar refractivity (Wildman–Crippen MR) is 90.2 cm³/mol. The SMILES string of the molecule is CCCC/C=C\CC1CCCC1COCc1ccccc1. The minimum absolute atomic E-state index is 0.760. The number of hydrogen-bond donors (Lipinski definition) is 0. The van der Waals surface area contributed by atoms with E-state index in [4.69, 9.17) is 4.74 Å². The molecule has 1 aromatic rings. The number of ether oxygens (including phenoxy) is 1. The number of unbranched alkanes of at least 4 members (excludes halogenated alkanes) is 2. The highest BCUT2D eigenvalue weighted by atomic mass is 16.5. The lowest BCUT2D eigenvalue weighted by Crippen LogP contribution is -2.14. The van der Waals surface area contributed by atoms with Crippen LogP contribution in [0.1, 0.15) is 57.4 Å². The molecule has 0 heterocycles. The third-order valence-corrected chi connectivity index (χ3v) is 4.59. The summed E-state index contributed by atoms with van der Waals surface area (Å²) in [6.07, 6.45) is 14.0. The molecule has 1 aromatic carbocycles. The molecule has 1 heteroatoms. The summed E-state index contributed by atoms with van der Waals surface area (Å²) in [7, 11) is 0. The molecule has 0 amide bonds. The van der Waals surface area contributed by atoms with Crippen molar-refractivity contribution in [2.24, 2.45) is 11.8 Å². The lowest BCUT2D eigenvalue weighted by molar-refractivity contribution is 0.0745. The van der Waals surface area contributed by atoms with Crippen molar-refractivity contribution >= 4 is 0 Å². The zero-order valence-electron chi connectivity index (χ0n) is 13.5. The zero-order chi connectivity index (χ0) is 14.8. The zero-order valence-corrected chi connectivity index (χ0v) is 13.5. The number of rotatable bonds is 9. The molecule has 1 nitrogen and oxygen atoms in total. The van der Waals surface area contributed by atoms with Gasteiger partial charge in [0.2, 0.25) is 0 Å². The summed E-state index contributed by atoms with van der Waals surface area (Å²) < 4.78 is 5.95. The monoisotopic (exact) mass is 286 g/mol. The molecule has 2 unspecified atom stereocenters. The average molecular weight is 286 g/mol. The molecule has 2 rings (SSSR count). The number of hydrogen-bond acceptors (Lipinski definition) is 1. The van der Waals surface area contributed by atoms with Gasteiger partial charge in [0, 0.05) is 0 Å². The minimum Gasteiger partial charge on any atom is -0.376 e. The Morgan fingerprint density at radius 2 is 1.90 bits per heavy atom. The fourth-order valence-electron chi connectivity index (χ4n) is 3.26. The van der Waals surface area contributed by atoms with Crippen LogP contribution in [0.2, 0.25) is 0 Å². The second-order valence-corrected chi connectivity index (χ2v) is 6.30. The van der Waals surface area contributed by atoms with Crippen LogP contribution in [0.15, 0.2) is 42.5 Å². The van der Waals surface area contributed by atoms with Crippen LogP contribution in [-0.4, -0.2) is 6.61 Å². The maximum absolute atomic E-state index is 5.95. The van der Waals surface area contributed by atoms with Crippen LogP contribution in [0, 0.1) is 11.8 Å². The molecule has 1 aliphatic carbocycles.